The third-order valence-corrected chi connectivity index (χ3v) is 8.29. The van der Waals surface area contributed by atoms with E-state index in [9.17, 15) is 10.0 Å². The van der Waals surface area contributed by atoms with Gasteiger partial charge in [0.25, 0.3) is 0 Å². The largest absolute Gasteiger partial charge is 0.539 e. The molecule has 6 rings (SSSR count). The van der Waals surface area contributed by atoms with Crippen molar-refractivity contribution in [1.82, 2.24) is 0 Å². The molecule has 0 aliphatic carbocycles. The fraction of sp³-hybridized carbons (Fsp3) is 0.0526. The molecule has 0 aliphatic heterocycles. The SMILES string of the molecule is CC(c1ccc(Oc2ccc(OBO)cc2)cc1)(c1ccc(Oc2ccc(OBO)cc2)cc1)c1ccc(Oc2ccc(B(O)O)cc2)cc1. The number of rotatable bonds is 14. The first kappa shape index (κ1) is 34.2. The first-order chi connectivity index (χ1) is 24.3. The highest BCUT2D eigenvalue weighted by atomic mass is 16.5. The molecule has 248 valence electrons. The van der Waals surface area contributed by atoms with Crippen LogP contribution in [0.4, 0.5) is 0 Å². The summed E-state index contributed by atoms with van der Waals surface area (Å²) >= 11 is 0. The predicted octanol–water partition coefficient (Wildman–Crippen LogP) is 5.37. The molecular weight excluding hydrogens is 633 g/mol. The predicted molar refractivity (Wildman–Crippen MR) is 194 cm³/mol. The molecule has 0 spiro atoms. The Balaban J connectivity index is 1.27. The van der Waals surface area contributed by atoms with Gasteiger partial charge in [0.05, 0.1) is 0 Å². The van der Waals surface area contributed by atoms with E-state index < -0.39 is 27.9 Å². The van der Waals surface area contributed by atoms with E-state index in [1.54, 1.807) is 72.8 Å². The van der Waals surface area contributed by atoms with Gasteiger partial charge in [-0.15, -0.1) is 0 Å². The highest BCUT2D eigenvalue weighted by Gasteiger charge is 2.31. The van der Waals surface area contributed by atoms with Crippen LogP contribution in [0.1, 0.15) is 23.6 Å². The molecule has 0 aliphatic rings. The molecule has 0 amide bonds. The molecule has 0 saturated carbocycles. The Kier molecular flexibility index (Phi) is 10.8. The summed E-state index contributed by atoms with van der Waals surface area (Å²) in [4.78, 5) is 0. The molecule has 12 heteroatoms. The Morgan fingerprint density at radius 1 is 0.400 bits per heavy atom. The van der Waals surface area contributed by atoms with E-state index in [0.29, 0.717) is 51.5 Å². The normalized spacial score (nSPS) is 10.9. The summed E-state index contributed by atoms with van der Waals surface area (Å²) < 4.78 is 28.4. The van der Waals surface area contributed by atoms with Crippen molar-refractivity contribution in [3.63, 3.8) is 0 Å². The molecule has 0 radical (unpaired) electrons. The van der Waals surface area contributed by atoms with Crippen molar-refractivity contribution in [2.24, 2.45) is 0 Å². The van der Waals surface area contributed by atoms with Crippen LogP contribution < -0.4 is 29.0 Å². The van der Waals surface area contributed by atoms with E-state index in [1.165, 1.54) is 0 Å². The molecule has 4 N–H and O–H groups in total. The molecule has 0 bridgehead atoms. The summed E-state index contributed by atoms with van der Waals surface area (Å²) in [6.07, 6.45) is 0. The molecule has 0 fully saturated rings. The average Bonchev–Trinajstić information content (AvgIpc) is 3.14. The van der Waals surface area contributed by atoms with E-state index >= 15 is 0 Å². The molecule has 6 aromatic rings. The first-order valence-electron chi connectivity index (χ1n) is 15.8. The third kappa shape index (κ3) is 8.14. The summed E-state index contributed by atoms with van der Waals surface area (Å²) in [5, 5.41) is 36.8. The van der Waals surface area contributed by atoms with Crippen LogP contribution in [-0.2, 0) is 5.41 Å². The monoisotopic (exact) mass is 666 g/mol. The van der Waals surface area contributed by atoms with E-state index in [2.05, 4.69) is 6.92 Å². The standard InChI is InChI=1S/C38H33B3O9/c1-38(26-2-10-30(11-3-26)46-33-16-8-29(9-17-33)41(44)45,27-4-12-31(13-5-27)47-34-18-22-36(23-19-34)49-39-42)28-6-14-32(15-7-28)48-35-20-24-37(25-21-35)50-40-43/h2-25,39-40,42-45H,1H3. The van der Waals surface area contributed by atoms with Gasteiger partial charge in [0.15, 0.2) is 0 Å². The van der Waals surface area contributed by atoms with Crippen LogP contribution in [0.3, 0.4) is 0 Å². The van der Waals surface area contributed by atoms with E-state index in [4.69, 9.17) is 33.6 Å². The summed E-state index contributed by atoms with van der Waals surface area (Å²) in [7, 11) is -2.33. The van der Waals surface area contributed by atoms with Crippen molar-refractivity contribution in [3.8, 4) is 46.0 Å². The van der Waals surface area contributed by atoms with Crippen LogP contribution in [-0.4, -0.2) is 42.6 Å². The quantitative estimate of drug-likeness (QED) is 0.0897. The minimum absolute atomic E-state index is 0.382. The van der Waals surface area contributed by atoms with E-state index in [-0.39, 0.29) is 0 Å². The van der Waals surface area contributed by atoms with Gasteiger partial charge < -0.3 is 43.6 Å². The van der Waals surface area contributed by atoms with Crippen molar-refractivity contribution in [2.75, 3.05) is 0 Å². The lowest BCUT2D eigenvalue weighted by Gasteiger charge is -2.32. The van der Waals surface area contributed by atoms with E-state index in [1.807, 2.05) is 72.8 Å². The van der Waals surface area contributed by atoms with Gasteiger partial charge in [-0.3, -0.25) is 0 Å². The van der Waals surface area contributed by atoms with E-state index in [0.717, 1.165) is 16.7 Å². The van der Waals surface area contributed by atoms with Crippen molar-refractivity contribution in [1.29, 1.82) is 0 Å². The zero-order chi connectivity index (χ0) is 34.9. The summed E-state index contributed by atoms with van der Waals surface area (Å²) in [5.74, 6) is 4.88. The van der Waals surface area contributed by atoms with Crippen LogP contribution in [0.2, 0.25) is 0 Å². The van der Waals surface area contributed by atoms with Gasteiger partial charge in [-0.05, 0) is 126 Å². The van der Waals surface area contributed by atoms with Crippen molar-refractivity contribution in [3.05, 3.63) is 162 Å². The Hall–Kier alpha value is -5.65. The topological polar surface area (TPSA) is 127 Å². The Bertz CT molecular complexity index is 1860. The molecule has 0 heterocycles. The smallest absolute Gasteiger partial charge is 0.504 e. The van der Waals surface area contributed by atoms with Crippen LogP contribution in [0.15, 0.2) is 146 Å². The van der Waals surface area contributed by atoms with Gasteiger partial charge in [0.1, 0.15) is 46.0 Å². The van der Waals surface area contributed by atoms with Crippen LogP contribution in [0.5, 0.6) is 46.0 Å². The van der Waals surface area contributed by atoms with Gasteiger partial charge >= 0.3 is 22.5 Å². The molecule has 9 nitrogen and oxygen atoms in total. The van der Waals surface area contributed by atoms with Gasteiger partial charge in [0, 0.05) is 5.41 Å². The zero-order valence-corrected chi connectivity index (χ0v) is 27.2. The number of ether oxygens (including phenoxy) is 3. The maximum Gasteiger partial charge on any atom is 0.504 e. The molecule has 0 aromatic heterocycles. The van der Waals surface area contributed by atoms with Crippen LogP contribution in [0.25, 0.3) is 0 Å². The first-order valence-corrected chi connectivity index (χ1v) is 15.8. The maximum absolute atomic E-state index is 9.39. The third-order valence-electron chi connectivity index (χ3n) is 8.29. The fourth-order valence-corrected chi connectivity index (χ4v) is 5.54. The molecule has 6 aromatic carbocycles. The number of hydrogen-bond donors (Lipinski definition) is 4. The van der Waals surface area contributed by atoms with Gasteiger partial charge in [-0.25, -0.2) is 0 Å². The lowest BCUT2D eigenvalue weighted by molar-refractivity contribution is 0.425. The van der Waals surface area contributed by atoms with Crippen molar-refractivity contribution >= 4 is 28.0 Å². The highest BCUT2D eigenvalue weighted by molar-refractivity contribution is 6.58. The second-order valence-electron chi connectivity index (χ2n) is 11.4. The number of benzene rings is 6. The Labute approximate surface area is 291 Å². The van der Waals surface area contributed by atoms with Crippen LogP contribution in [0, 0.1) is 0 Å². The lowest BCUT2D eigenvalue weighted by Crippen LogP contribution is -2.29. The minimum atomic E-state index is -1.54. The Morgan fingerprint density at radius 2 is 0.640 bits per heavy atom. The molecule has 0 atom stereocenters. The van der Waals surface area contributed by atoms with Gasteiger partial charge in [-0.1, -0.05) is 48.5 Å². The Morgan fingerprint density at radius 3 is 0.900 bits per heavy atom. The molecule has 0 saturated heterocycles. The summed E-state index contributed by atoms with van der Waals surface area (Å²) in [6, 6.07) is 44.4. The fourth-order valence-electron chi connectivity index (χ4n) is 5.54. The maximum atomic E-state index is 9.39. The second-order valence-corrected chi connectivity index (χ2v) is 11.4. The summed E-state index contributed by atoms with van der Waals surface area (Å²) in [6.45, 7) is 2.16. The van der Waals surface area contributed by atoms with Crippen LogP contribution >= 0.6 is 0 Å². The molecule has 0 unspecified atom stereocenters. The molecular formula is C38H33B3O9. The average molecular weight is 666 g/mol. The van der Waals surface area contributed by atoms with Gasteiger partial charge in [-0.2, -0.15) is 0 Å². The van der Waals surface area contributed by atoms with Crippen molar-refractivity contribution in [2.45, 2.75) is 12.3 Å². The lowest BCUT2D eigenvalue weighted by atomic mass is 9.71. The zero-order valence-electron chi connectivity index (χ0n) is 27.2. The minimum Gasteiger partial charge on any atom is -0.539 e. The highest BCUT2D eigenvalue weighted by Crippen LogP contribution is 2.41. The molecule has 50 heavy (non-hydrogen) atoms. The summed E-state index contributed by atoms with van der Waals surface area (Å²) in [5.41, 5.74) is 2.85. The second kappa shape index (κ2) is 15.7. The number of hydrogen-bond acceptors (Lipinski definition) is 9. The van der Waals surface area contributed by atoms with Gasteiger partial charge in [0.2, 0.25) is 0 Å². The van der Waals surface area contributed by atoms with Crippen molar-refractivity contribution < 1.29 is 43.6 Å².